The molecule has 0 bridgehead atoms. The van der Waals surface area contributed by atoms with Crippen LogP contribution in [0.1, 0.15) is 45.6 Å². The number of rotatable bonds is 5. The summed E-state index contributed by atoms with van der Waals surface area (Å²) in [5, 5.41) is 13.6. The van der Waals surface area contributed by atoms with Crippen LogP contribution in [0.25, 0.3) is 0 Å². The maximum absolute atomic E-state index is 11.3. The van der Waals surface area contributed by atoms with Gasteiger partial charge in [0.25, 0.3) is 0 Å². The number of thiazole rings is 1. The van der Waals surface area contributed by atoms with E-state index in [-0.39, 0.29) is 0 Å². The maximum Gasteiger partial charge on any atom is 0.347 e. The quantitative estimate of drug-likeness (QED) is 0.863. The van der Waals surface area contributed by atoms with Crippen molar-refractivity contribution in [2.45, 2.75) is 31.6 Å². The fourth-order valence-corrected chi connectivity index (χ4v) is 3.63. The Hall–Kier alpha value is -0.980. The van der Waals surface area contributed by atoms with Gasteiger partial charge in [-0.3, -0.25) is 0 Å². The average molecular weight is 295 g/mol. The van der Waals surface area contributed by atoms with Gasteiger partial charge in [-0.1, -0.05) is 0 Å². The molecule has 6 heteroatoms. The third-order valence-electron chi connectivity index (χ3n) is 3.93. The summed E-state index contributed by atoms with van der Waals surface area (Å²) in [5.41, 5.74) is 0.843. The molecule has 0 radical (unpaired) electrons. The normalized spacial score (nSPS) is 20.8. The standard InChI is InChI=1S/C14H21N3O2S/c18-14(19)13-12(10-2-3-10)16-11(20-13)4-8-17-7-1-5-15-6-9-17/h10,15H,1-9H2,(H,18,19). The third-order valence-corrected chi connectivity index (χ3v) is 5.05. The lowest BCUT2D eigenvalue weighted by Crippen LogP contribution is -2.30. The molecule has 2 N–H and O–H groups in total. The highest BCUT2D eigenvalue weighted by atomic mass is 32.1. The molecule has 110 valence electrons. The number of hydrogen-bond donors (Lipinski definition) is 2. The Bertz CT molecular complexity index is 477. The van der Waals surface area contributed by atoms with Crippen molar-refractivity contribution in [1.82, 2.24) is 15.2 Å². The monoisotopic (exact) mass is 295 g/mol. The number of nitrogens with zero attached hydrogens (tertiary/aromatic N) is 2. The van der Waals surface area contributed by atoms with Crippen LogP contribution in [0.3, 0.4) is 0 Å². The van der Waals surface area contributed by atoms with Crippen molar-refractivity contribution in [3.8, 4) is 0 Å². The minimum absolute atomic E-state index is 0.411. The molecule has 2 heterocycles. The van der Waals surface area contributed by atoms with Crippen LogP contribution >= 0.6 is 11.3 Å². The third kappa shape index (κ3) is 3.37. The Labute approximate surface area is 123 Å². The molecule has 1 saturated carbocycles. The number of carboxylic acids is 1. The van der Waals surface area contributed by atoms with Crippen LogP contribution in [0, 0.1) is 0 Å². The first-order valence-electron chi connectivity index (χ1n) is 7.40. The van der Waals surface area contributed by atoms with E-state index >= 15 is 0 Å². The molecular weight excluding hydrogens is 274 g/mol. The highest BCUT2D eigenvalue weighted by Gasteiger charge is 2.31. The maximum atomic E-state index is 11.3. The van der Waals surface area contributed by atoms with Crippen LogP contribution in [0.15, 0.2) is 0 Å². The van der Waals surface area contributed by atoms with Gasteiger partial charge in [0.2, 0.25) is 0 Å². The summed E-state index contributed by atoms with van der Waals surface area (Å²) in [6, 6.07) is 0. The highest BCUT2D eigenvalue weighted by Crippen LogP contribution is 2.42. The molecule has 1 saturated heterocycles. The molecule has 3 rings (SSSR count). The van der Waals surface area contributed by atoms with Gasteiger partial charge in [0, 0.05) is 32.0 Å². The van der Waals surface area contributed by atoms with Crippen LogP contribution in [0.4, 0.5) is 0 Å². The predicted octanol–water partition coefficient (Wildman–Crippen LogP) is 1.56. The fourth-order valence-electron chi connectivity index (χ4n) is 2.65. The summed E-state index contributed by atoms with van der Waals surface area (Å²) >= 11 is 1.38. The number of carbonyl (C=O) groups is 1. The van der Waals surface area contributed by atoms with Gasteiger partial charge >= 0.3 is 5.97 Å². The molecule has 2 aliphatic rings. The lowest BCUT2D eigenvalue weighted by atomic mass is 10.2. The van der Waals surface area contributed by atoms with Crippen molar-refractivity contribution < 1.29 is 9.90 Å². The summed E-state index contributed by atoms with van der Waals surface area (Å²) in [6.45, 7) is 5.33. The van der Waals surface area contributed by atoms with Gasteiger partial charge in [0.15, 0.2) is 0 Å². The largest absolute Gasteiger partial charge is 0.477 e. The molecule has 1 aliphatic heterocycles. The first-order valence-corrected chi connectivity index (χ1v) is 8.21. The van der Waals surface area contributed by atoms with Crippen LogP contribution in [-0.4, -0.2) is 53.7 Å². The van der Waals surface area contributed by atoms with Crippen LogP contribution in [0.2, 0.25) is 0 Å². The zero-order valence-corrected chi connectivity index (χ0v) is 12.4. The molecular formula is C14H21N3O2S. The summed E-state index contributed by atoms with van der Waals surface area (Å²) in [6.07, 6.45) is 4.26. The lowest BCUT2D eigenvalue weighted by molar-refractivity contribution is 0.0700. The summed E-state index contributed by atoms with van der Waals surface area (Å²) in [5.74, 6) is -0.400. The van der Waals surface area contributed by atoms with Gasteiger partial charge in [0.1, 0.15) is 4.88 Å². The molecule has 0 spiro atoms. The Morgan fingerprint density at radius 3 is 3.00 bits per heavy atom. The Morgan fingerprint density at radius 2 is 2.25 bits per heavy atom. The molecule has 1 aliphatic carbocycles. The second kappa shape index (κ2) is 6.20. The van der Waals surface area contributed by atoms with Gasteiger partial charge in [0.05, 0.1) is 10.7 Å². The minimum Gasteiger partial charge on any atom is -0.477 e. The van der Waals surface area contributed by atoms with Gasteiger partial charge in [-0.2, -0.15) is 0 Å². The molecule has 0 aromatic carbocycles. The van der Waals surface area contributed by atoms with E-state index in [1.807, 2.05) is 0 Å². The minimum atomic E-state index is -0.811. The molecule has 2 fully saturated rings. The molecule has 0 atom stereocenters. The molecule has 0 unspecified atom stereocenters. The van der Waals surface area contributed by atoms with E-state index in [9.17, 15) is 9.90 Å². The van der Waals surface area contributed by atoms with Crippen molar-refractivity contribution in [2.24, 2.45) is 0 Å². The second-order valence-corrected chi connectivity index (χ2v) is 6.68. The smallest absolute Gasteiger partial charge is 0.347 e. The zero-order chi connectivity index (χ0) is 13.9. The number of aromatic nitrogens is 1. The fraction of sp³-hybridized carbons (Fsp3) is 0.714. The summed E-state index contributed by atoms with van der Waals surface area (Å²) in [7, 11) is 0. The van der Waals surface area contributed by atoms with Gasteiger partial charge in [-0.15, -0.1) is 11.3 Å². The zero-order valence-electron chi connectivity index (χ0n) is 11.6. The second-order valence-electron chi connectivity index (χ2n) is 5.60. The molecule has 5 nitrogen and oxygen atoms in total. The van der Waals surface area contributed by atoms with E-state index in [2.05, 4.69) is 15.2 Å². The van der Waals surface area contributed by atoms with E-state index in [0.29, 0.717) is 10.8 Å². The van der Waals surface area contributed by atoms with E-state index in [0.717, 1.165) is 62.7 Å². The summed E-state index contributed by atoms with van der Waals surface area (Å²) in [4.78, 5) is 18.8. The van der Waals surface area contributed by atoms with E-state index in [1.54, 1.807) is 0 Å². The average Bonchev–Trinajstić information content (AvgIpc) is 3.22. The summed E-state index contributed by atoms with van der Waals surface area (Å²) < 4.78 is 0. The van der Waals surface area contributed by atoms with Crippen molar-refractivity contribution in [1.29, 1.82) is 0 Å². The van der Waals surface area contributed by atoms with Crippen LogP contribution in [0.5, 0.6) is 0 Å². The molecule has 0 amide bonds. The molecule has 20 heavy (non-hydrogen) atoms. The van der Waals surface area contributed by atoms with Gasteiger partial charge < -0.3 is 15.3 Å². The SMILES string of the molecule is O=C(O)c1sc(CCN2CCCNCC2)nc1C1CC1. The topological polar surface area (TPSA) is 65.5 Å². The first-order chi connectivity index (χ1) is 9.74. The predicted molar refractivity (Wildman–Crippen MR) is 78.7 cm³/mol. The van der Waals surface area contributed by atoms with Gasteiger partial charge in [-0.05, 0) is 32.4 Å². The Kier molecular flexibility index (Phi) is 4.33. The van der Waals surface area contributed by atoms with Crippen molar-refractivity contribution >= 4 is 17.3 Å². The number of carboxylic acid groups (broad SMARTS) is 1. The highest BCUT2D eigenvalue weighted by molar-refractivity contribution is 7.13. The van der Waals surface area contributed by atoms with E-state index in [1.165, 1.54) is 17.8 Å². The van der Waals surface area contributed by atoms with Crippen molar-refractivity contribution in [2.75, 3.05) is 32.7 Å². The van der Waals surface area contributed by atoms with E-state index in [4.69, 9.17) is 0 Å². The first kappa shape index (κ1) is 14.0. The van der Waals surface area contributed by atoms with Crippen molar-refractivity contribution in [3.05, 3.63) is 15.6 Å². The Morgan fingerprint density at radius 1 is 1.40 bits per heavy atom. The number of aromatic carboxylic acids is 1. The van der Waals surface area contributed by atoms with Gasteiger partial charge in [-0.25, -0.2) is 9.78 Å². The van der Waals surface area contributed by atoms with Crippen LogP contribution < -0.4 is 5.32 Å². The lowest BCUT2D eigenvalue weighted by Gasteiger charge is -2.18. The Balaban J connectivity index is 1.62. The van der Waals surface area contributed by atoms with Crippen LogP contribution in [-0.2, 0) is 6.42 Å². The van der Waals surface area contributed by atoms with E-state index < -0.39 is 5.97 Å². The van der Waals surface area contributed by atoms with Crippen molar-refractivity contribution in [3.63, 3.8) is 0 Å². The number of hydrogen-bond acceptors (Lipinski definition) is 5. The number of nitrogens with one attached hydrogen (secondary N) is 1. The molecule has 1 aromatic heterocycles. The molecule has 1 aromatic rings.